The molecular weight excluding hydrogens is 426 g/mol. The average molecular weight is 437 g/mol. The van der Waals surface area contributed by atoms with Crippen LogP contribution in [0.15, 0.2) is 34.9 Å². The summed E-state index contributed by atoms with van der Waals surface area (Å²) >= 11 is 5.46. The Bertz CT molecular complexity index is 609. The van der Waals surface area contributed by atoms with Crippen LogP contribution in [0.1, 0.15) is 18.6 Å². The number of nitrogens with two attached hydrogens (primary N) is 1. The fourth-order valence-electron chi connectivity index (χ4n) is 1.61. The van der Waals surface area contributed by atoms with Crippen LogP contribution in [0.3, 0.4) is 0 Å². The van der Waals surface area contributed by atoms with Crippen molar-refractivity contribution in [2.45, 2.75) is 13.0 Å². The highest BCUT2D eigenvalue weighted by atomic mass is 127. The lowest BCUT2D eigenvalue weighted by Crippen LogP contribution is -2.07. The molecule has 0 amide bonds. The van der Waals surface area contributed by atoms with E-state index in [4.69, 9.17) is 10.5 Å². The van der Waals surface area contributed by atoms with Crippen LogP contribution in [-0.2, 0) is 0 Å². The van der Waals surface area contributed by atoms with Gasteiger partial charge in [0.25, 0.3) is 0 Å². The van der Waals surface area contributed by atoms with E-state index in [0.29, 0.717) is 11.6 Å². The van der Waals surface area contributed by atoms with Crippen LogP contribution in [-0.4, -0.2) is 4.98 Å². The molecule has 0 aliphatic carbocycles. The van der Waals surface area contributed by atoms with Crippen molar-refractivity contribution in [2.75, 3.05) is 5.73 Å². The second kappa shape index (κ2) is 6.04. The second-order valence-corrected chi connectivity index (χ2v) is 6.04. The normalized spacial score (nSPS) is 12.2. The van der Waals surface area contributed by atoms with Crippen molar-refractivity contribution in [3.05, 3.63) is 49.9 Å². The summed E-state index contributed by atoms with van der Waals surface area (Å²) in [5.74, 6) is 0.495. The van der Waals surface area contributed by atoms with Crippen LogP contribution in [0.5, 0.6) is 5.75 Å². The molecule has 1 atom stereocenters. The number of aromatic nitrogens is 1. The van der Waals surface area contributed by atoms with Crippen molar-refractivity contribution in [2.24, 2.45) is 0 Å². The van der Waals surface area contributed by atoms with Crippen molar-refractivity contribution in [1.29, 1.82) is 0 Å². The van der Waals surface area contributed by atoms with Gasteiger partial charge in [-0.15, -0.1) is 0 Å². The Morgan fingerprint density at radius 3 is 2.89 bits per heavy atom. The third-order valence-corrected chi connectivity index (χ3v) is 3.96. The largest absolute Gasteiger partial charge is 0.482 e. The highest BCUT2D eigenvalue weighted by molar-refractivity contribution is 14.1. The summed E-state index contributed by atoms with van der Waals surface area (Å²) in [6.07, 6.45) is 1.28. The maximum atomic E-state index is 13.3. The van der Waals surface area contributed by atoms with E-state index >= 15 is 0 Å². The molecule has 2 rings (SSSR count). The average Bonchev–Trinajstić information content (AvgIpc) is 2.36. The third-order valence-electron chi connectivity index (χ3n) is 2.55. The molecule has 0 aliphatic rings. The van der Waals surface area contributed by atoms with Crippen molar-refractivity contribution in [3.63, 3.8) is 0 Å². The van der Waals surface area contributed by atoms with E-state index in [1.54, 1.807) is 18.3 Å². The SMILES string of the molecule is CC(Oc1cc(Br)cnc1N)c1cc(F)ccc1I. The first-order valence-corrected chi connectivity index (χ1v) is 7.37. The summed E-state index contributed by atoms with van der Waals surface area (Å²) < 4.78 is 20.8. The maximum absolute atomic E-state index is 13.3. The van der Waals surface area contributed by atoms with Crippen LogP contribution < -0.4 is 10.5 Å². The monoisotopic (exact) mass is 436 g/mol. The van der Waals surface area contributed by atoms with E-state index in [-0.39, 0.29) is 11.9 Å². The van der Waals surface area contributed by atoms with E-state index in [9.17, 15) is 4.39 Å². The van der Waals surface area contributed by atoms with E-state index < -0.39 is 0 Å². The molecule has 0 saturated heterocycles. The Morgan fingerprint density at radius 2 is 2.16 bits per heavy atom. The zero-order chi connectivity index (χ0) is 14.0. The number of halogens is 3. The number of hydrogen-bond acceptors (Lipinski definition) is 3. The summed E-state index contributed by atoms with van der Waals surface area (Å²) in [6, 6.07) is 6.35. The smallest absolute Gasteiger partial charge is 0.166 e. The fraction of sp³-hybridized carbons (Fsp3) is 0.154. The van der Waals surface area contributed by atoms with Gasteiger partial charge in [-0.05, 0) is 69.7 Å². The topological polar surface area (TPSA) is 48.1 Å². The highest BCUT2D eigenvalue weighted by Gasteiger charge is 2.14. The van der Waals surface area contributed by atoms with Crippen molar-refractivity contribution in [1.82, 2.24) is 4.98 Å². The molecule has 0 bridgehead atoms. The zero-order valence-electron chi connectivity index (χ0n) is 10.0. The first kappa shape index (κ1) is 14.5. The van der Waals surface area contributed by atoms with E-state index in [1.165, 1.54) is 12.1 Å². The lowest BCUT2D eigenvalue weighted by Gasteiger charge is -2.17. The number of benzene rings is 1. The van der Waals surface area contributed by atoms with Crippen molar-refractivity contribution >= 4 is 44.3 Å². The van der Waals surface area contributed by atoms with Gasteiger partial charge in [-0.3, -0.25) is 0 Å². The number of anilines is 1. The molecule has 6 heteroatoms. The summed E-state index contributed by atoms with van der Waals surface area (Å²) in [6.45, 7) is 1.84. The van der Waals surface area contributed by atoms with Gasteiger partial charge < -0.3 is 10.5 Å². The maximum Gasteiger partial charge on any atom is 0.166 e. The Balaban J connectivity index is 2.27. The number of ether oxygens (including phenoxy) is 1. The zero-order valence-corrected chi connectivity index (χ0v) is 13.8. The molecule has 0 aliphatic heterocycles. The first-order valence-electron chi connectivity index (χ1n) is 5.50. The predicted octanol–water partition coefficient (Wildman–Crippen LogP) is 4.31. The summed E-state index contributed by atoms with van der Waals surface area (Å²) in [7, 11) is 0. The van der Waals surface area contributed by atoms with Gasteiger partial charge in [0.15, 0.2) is 11.6 Å². The van der Waals surface area contributed by atoms with Crippen LogP contribution in [0.25, 0.3) is 0 Å². The molecular formula is C13H11BrFIN2O. The van der Waals surface area contributed by atoms with Crippen LogP contribution >= 0.6 is 38.5 Å². The minimum absolute atomic E-state index is 0.286. The van der Waals surface area contributed by atoms with Gasteiger partial charge in [-0.2, -0.15) is 0 Å². The van der Waals surface area contributed by atoms with E-state index in [1.807, 2.05) is 6.92 Å². The molecule has 100 valence electrons. The van der Waals surface area contributed by atoms with Crippen molar-refractivity contribution < 1.29 is 9.13 Å². The summed E-state index contributed by atoms with van der Waals surface area (Å²) in [5, 5.41) is 0. The molecule has 0 radical (unpaired) electrons. The lowest BCUT2D eigenvalue weighted by atomic mass is 10.1. The highest BCUT2D eigenvalue weighted by Crippen LogP contribution is 2.30. The van der Waals surface area contributed by atoms with Gasteiger partial charge >= 0.3 is 0 Å². The van der Waals surface area contributed by atoms with Gasteiger partial charge in [0.2, 0.25) is 0 Å². The van der Waals surface area contributed by atoms with Crippen molar-refractivity contribution in [3.8, 4) is 5.75 Å². The molecule has 2 N–H and O–H groups in total. The van der Waals surface area contributed by atoms with Crippen LogP contribution in [0, 0.1) is 9.39 Å². The van der Waals surface area contributed by atoms with E-state index in [0.717, 1.165) is 13.6 Å². The number of nitrogens with zero attached hydrogens (tertiary/aromatic N) is 1. The molecule has 3 nitrogen and oxygen atoms in total. The van der Waals surface area contributed by atoms with Gasteiger partial charge in [-0.1, -0.05) is 0 Å². The number of rotatable bonds is 3. The minimum atomic E-state index is -0.319. The van der Waals surface area contributed by atoms with Crippen LogP contribution in [0.4, 0.5) is 10.2 Å². The predicted molar refractivity (Wildman–Crippen MR) is 84.5 cm³/mol. The Labute approximate surface area is 132 Å². The van der Waals surface area contributed by atoms with Gasteiger partial charge in [-0.25, -0.2) is 9.37 Å². The Hall–Kier alpha value is -0.890. The minimum Gasteiger partial charge on any atom is -0.482 e. The molecule has 19 heavy (non-hydrogen) atoms. The first-order chi connectivity index (χ1) is 8.97. The molecule has 1 unspecified atom stereocenters. The number of pyridine rings is 1. The van der Waals surface area contributed by atoms with Gasteiger partial charge in [0.05, 0.1) is 0 Å². The van der Waals surface area contributed by atoms with Gasteiger partial charge in [0.1, 0.15) is 11.9 Å². The number of hydrogen-bond donors (Lipinski definition) is 1. The molecule has 1 aromatic carbocycles. The molecule has 0 saturated carbocycles. The summed E-state index contributed by atoms with van der Waals surface area (Å²) in [4.78, 5) is 4.00. The fourth-order valence-corrected chi connectivity index (χ4v) is 2.69. The molecule has 0 spiro atoms. The molecule has 1 heterocycles. The van der Waals surface area contributed by atoms with Crippen LogP contribution in [0.2, 0.25) is 0 Å². The quantitative estimate of drug-likeness (QED) is 0.729. The number of nitrogen functional groups attached to an aromatic ring is 1. The van der Waals surface area contributed by atoms with E-state index in [2.05, 4.69) is 43.5 Å². The second-order valence-electron chi connectivity index (χ2n) is 3.96. The third kappa shape index (κ3) is 3.56. The molecule has 1 aromatic heterocycles. The lowest BCUT2D eigenvalue weighted by molar-refractivity contribution is 0.226. The van der Waals surface area contributed by atoms with Gasteiger partial charge in [0, 0.05) is 19.8 Å². The standard InChI is InChI=1S/C13H11BrFIN2O/c1-7(10-5-9(15)2-3-11(10)16)19-12-4-8(14)6-18-13(12)17/h2-7H,1H3,(H2,17,18). The Kier molecular flexibility index (Phi) is 4.62. The summed E-state index contributed by atoms with van der Waals surface area (Å²) in [5.41, 5.74) is 6.53. The Morgan fingerprint density at radius 1 is 1.42 bits per heavy atom. The molecule has 0 fully saturated rings. The molecule has 2 aromatic rings.